The molecule has 25 heavy (non-hydrogen) atoms. The minimum atomic E-state index is -1.26. The lowest BCUT2D eigenvalue weighted by Gasteiger charge is -2.11. The number of carboxylic acid groups (broad SMARTS) is 2. The molecule has 1 unspecified atom stereocenters. The van der Waals surface area contributed by atoms with E-state index in [0.29, 0.717) is 12.2 Å². The van der Waals surface area contributed by atoms with Crippen molar-refractivity contribution in [1.82, 2.24) is 4.57 Å². The number of hydrogen-bond acceptors (Lipinski definition) is 3. The lowest BCUT2D eigenvalue weighted by Crippen LogP contribution is -2.22. The number of rotatable bonds is 4. The average molecular weight is 363 g/mol. The topological polar surface area (TPSA) is 106 Å². The first-order chi connectivity index (χ1) is 11.8. The molecule has 4 N–H and O–H groups in total. The van der Waals surface area contributed by atoms with Gasteiger partial charge in [0.1, 0.15) is 0 Å². The van der Waals surface area contributed by atoms with Gasteiger partial charge in [0, 0.05) is 47.9 Å². The van der Waals surface area contributed by atoms with Crippen LogP contribution in [0, 0.1) is 0 Å². The Bertz CT molecular complexity index is 808. The zero-order chi connectivity index (χ0) is 18.6. The molecule has 3 rings (SSSR count). The Balaban J connectivity index is 0.000000242. The largest absolute Gasteiger partial charge is 0.478 e. The van der Waals surface area contributed by atoms with E-state index in [0.717, 1.165) is 18.0 Å². The van der Waals surface area contributed by atoms with Crippen LogP contribution in [0.3, 0.4) is 0 Å². The van der Waals surface area contributed by atoms with Crippen LogP contribution in [0.4, 0.5) is 0 Å². The summed E-state index contributed by atoms with van der Waals surface area (Å²) < 4.78 is 2.24. The van der Waals surface area contributed by atoms with E-state index in [4.69, 9.17) is 27.5 Å². The number of fused-ring (bicyclic) bond motifs is 3. The summed E-state index contributed by atoms with van der Waals surface area (Å²) in [5.74, 6) is -2.51. The summed E-state index contributed by atoms with van der Waals surface area (Å²) in [6.07, 6.45) is 4.25. The first kappa shape index (κ1) is 18.8. The van der Waals surface area contributed by atoms with Crippen LogP contribution in [0.25, 0.3) is 11.3 Å². The van der Waals surface area contributed by atoms with E-state index in [1.165, 1.54) is 22.4 Å². The number of aromatic nitrogens is 1. The number of aliphatic carboxylic acids is 2. The molecule has 1 aliphatic carbocycles. The highest BCUT2D eigenvalue weighted by atomic mass is 35.5. The second-order valence-electron chi connectivity index (χ2n) is 5.81. The SMILES string of the molecule is CC(N)Cn1ccc2c1-c1cc(Cl)ccc1C2.O=C(O)C=CC(=O)O. The van der Waals surface area contributed by atoms with Crippen LogP contribution in [0.5, 0.6) is 0 Å². The molecule has 7 heteroatoms. The molecule has 1 aromatic heterocycles. The van der Waals surface area contributed by atoms with Gasteiger partial charge in [-0.05, 0) is 36.2 Å². The number of benzene rings is 1. The minimum Gasteiger partial charge on any atom is -0.478 e. The maximum atomic E-state index is 9.55. The van der Waals surface area contributed by atoms with Gasteiger partial charge in [0.25, 0.3) is 0 Å². The summed E-state index contributed by atoms with van der Waals surface area (Å²) >= 11 is 6.08. The van der Waals surface area contributed by atoms with Crippen LogP contribution in [0.1, 0.15) is 18.1 Å². The standard InChI is InChI=1S/C14H15ClN2.C4H4O4/c1-9(16)8-17-5-4-11-6-10-2-3-12(15)7-13(10)14(11)17;5-3(6)1-2-4(7)8/h2-5,7,9H,6,8,16H2,1H3;1-2H,(H,5,6)(H,7,8). The fourth-order valence-electron chi connectivity index (χ4n) is 2.72. The third-order valence-electron chi connectivity index (χ3n) is 3.61. The van der Waals surface area contributed by atoms with Crippen molar-refractivity contribution in [3.8, 4) is 11.3 Å². The summed E-state index contributed by atoms with van der Waals surface area (Å²) in [5.41, 5.74) is 11.2. The number of carboxylic acids is 2. The molecule has 0 spiro atoms. The van der Waals surface area contributed by atoms with Crippen LogP contribution < -0.4 is 5.73 Å². The number of nitrogens with two attached hydrogens (primary N) is 1. The van der Waals surface area contributed by atoms with E-state index in [-0.39, 0.29) is 6.04 Å². The molecule has 0 aliphatic heterocycles. The Labute approximate surface area is 150 Å². The summed E-state index contributed by atoms with van der Waals surface area (Å²) in [5, 5.41) is 16.4. The van der Waals surface area contributed by atoms with E-state index < -0.39 is 11.9 Å². The van der Waals surface area contributed by atoms with Gasteiger partial charge in [-0.15, -0.1) is 0 Å². The Morgan fingerprint density at radius 1 is 1.24 bits per heavy atom. The first-order valence-corrected chi connectivity index (χ1v) is 8.02. The van der Waals surface area contributed by atoms with Gasteiger partial charge >= 0.3 is 11.9 Å². The van der Waals surface area contributed by atoms with E-state index >= 15 is 0 Å². The zero-order valence-corrected chi connectivity index (χ0v) is 14.4. The minimum absolute atomic E-state index is 0.162. The molecule has 1 atom stereocenters. The van der Waals surface area contributed by atoms with E-state index in [1.807, 2.05) is 13.0 Å². The summed E-state index contributed by atoms with van der Waals surface area (Å²) in [6.45, 7) is 2.88. The smallest absolute Gasteiger partial charge is 0.328 e. The van der Waals surface area contributed by atoms with Crippen LogP contribution in [-0.4, -0.2) is 32.8 Å². The fourth-order valence-corrected chi connectivity index (χ4v) is 2.89. The first-order valence-electron chi connectivity index (χ1n) is 7.64. The van der Waals surface area contributed by atoms with Gasteiger partial charge in [-0.25, -0.2) is 9.59 Å². The summed E-state index contributed by atoms with van der Waals surface area (Å²) in [6, 6.07) is 8.48. The fraction of sp³-hybridized carbons (Fsp3) is 0.222. The molecule has 6 nitrogen and oxygen atoms in total. The van der Waals surface area contributed by atoms with Crippen molar-refractivity contribution in [1.29, 1.82) is 0 Å². The molecule has 0 amide bonds. The van der Waals surface area contributed by atoms with Crippen LogP contribution >= 0.6 is 11.6 Å². The molecular weight excluding hydrogens is 344 g/mol. The molecule has 2 aromatic rings. The molecular formula is C18H19ClN2O4. The summed E-state index contributed by atoms with van der Waals surface area (Å²) in [4.78, 5) is 19.1. The van der Waals surface area contributed by atoms with Crippen LogP contribution in [-0.2, 0) is 22.6 Å². The number of halogens is 1. The maximum absolute atomic E-state index is 9.55. The van der Waals surface area contributed by atoms with Crippen LogP contribution in [0.2, 0.25) is 5.02 Å². The van der Waals surface area contributed by atoms with Gasteiger partial charge in [0.2, 0.25) is 0 Å². The predicted octanol–water partition coefficient (Wildman–Crippen LogP) is 2.77. The highest BCUT2D eigenvalue weighted by Gasteiger charge is 2.22. The van der Waals surface area contributed by atoms with Gasteiger partial charge in [0.05, 0.1) is 5.69 Å². The second kappa shape index (κ2) is 8.00. The monoisotopic (exact) mass is 362 g/mol. The number of carbonyl (C=O) groups is 2. The third-order valence-corrected chi connectivity index (χ3v) is 3.84. The lowest BCUT2D eigenvalue weighted by molar-refractivity contribution is -0.134. The third kappa shape index (κ3) is 4.95. The average Bonchev–Trinajstić information content (AvgIpc) is 3.05. The van der Waals surface area contributed by atoms with Crippen molar-refractivity contribution in [3.63, 3.8) is 0 Å². The molecule has 1 heterocycles. The van der Waals surface area contributed by atoms with E-state index in [2.05, 4.69) is 29.0 Å². The van der Waals surface area contributed by atoms with Crippen molar-refractivity contribution in [2.75, 3.05) is 0 Å². The quantitative estimate of drug-likeness (QED) is 0.619. The van der Waals surface area contributed by atoms with E-state index in [1.54, 1.807) is 0 Å². The van der Waals surface area contributed by atoms with Gasteiger partial charge in [-0.3, -0.25) is 0 Å². The molecule has 1 aromatic carbocycles. The highest BCUT2D eigenvalue weighted by molar-refractivity contribution is 6.30. The Kier molecular flexibility index (Phi) is 6.01. The Morgan fingerprint density at radius 2 is 1.88 bits per heavy atom. The van der Waals surface area contributed by atoms with Gasteiger partial charge in [0.15, 0.2) is 0 Å². The highest BCUT2D eigenvalue weighted by Crippen LogP contribution is 2.38. The zero-order valence-electron chi connectivity index (χ0n) is 13.6. The number of nitrogens with zero attached hydrogens (tertiary/aromatic N) is 1. The van der Waals surface area contributed by atoms with Gasteiger partial charge in [-0.2, -0.15) is 0 Å². The second-order valence-corrected chi connectivity index (χ2v) is 6.24. The molecule has 0 fully saturated rings. The van der Waals surface area contributed by atoms with Crippen molar-refractivity contribution in [2.24, 2.45) is 5.73 Å². The van der Waals surface area contributed by atoms with Crippen LogP contribution in [0.15, 0.2) is 42.6 Å². The summed E-state index contributed by atoms with van der Waals surface area (Å²) in [7, 11) is 0. The van der Waals surface area contributed by atoms with Crippen molar-refractivity contribution < 1.29 is 19.8 Å². The van der Waals surface area contributed by atoms with Crippen molar-refractivity contribution in [2.45, 2.75) is 25.9 Å². The van der Waals surface area contributed by atoms with Gasteiger partial charge < -0.3 is 20.5 Å². The van der Waals surface area contributed by atoms with Crippen molar-refractivity contribution >= 4 is 23.5 Å². The molecule has 1 aliphatic rings. The molecule has 0 saturated carbocycles. The van der Waals surface area contributed by atoms with E-state index in [9.17, 15) is 9.59 Å². The Morgan fingerprint density at radius 3 is 2.44 bits per heavy atom. The van der Waals surface area contributed by atoms with Crippen molar-refractivity contribution in [3.05, 3.63) is 58.8 Å². The molecule has 0 bridgehead atoms. The molecule has 132 valence electrons. The maximum Gasteiger partial charge on any atom is 0.328 e. The molecule has 0 saturated heterocycles. The lowest BCUT2D eigenvalue weighted by atomic mass is 10.1. The number of hydrogen-bond donors (Lipinski definition) is 3. The van der Waals surface area contributed by atoms with Gasteiger partial charge in [-0.1, -0.05) is 17.7 Å². The normalized spacial score (nSPS) is 12.9. The Hall–Kier alpha value is -2.57. The predicted molar refractivity (Wildman–Crippen MR) is 95.7 cm³/mol. The molecule has 0 radical (unpaired) electrons.